The van der Waals surface area contributed by atoms with Crippen LogP contribution in [0.3, 0.4) is 0 Å². The van der Waals surface area contributed by atoms with Crippen molar-refractivity contribution in [1.82, 2.24) is 0 Å². The maximum atomic E-state index is 14.5. The molecule has 0 bridgehead atoms. The summed E-state index contributed by atoms with van der Waals surface area (Å²) in [7, 11) is -0.588. The summed E-state index contributed by atoms with van der Waals surface area (Å²) in [6.45, 7) is 2.23. The second-order valence-electron chi connectivity index (χ2n) is 7.00. The number of hydrogen-bond acceptors (Lipinski definition) is 0. The minimum atomic E-state index is -1.53. The molecule has 0 amide bonds. The monoisotopic (exact) mass is 366 g/mol. The Morgan fingerprint density at radius 2 is 1.56 bits per heavy atom. The fourth-order valence-corrected chi connectivity index (χ4v) is 7.35. The standard InChI is InChI=1S/C20H22F4Si/c1-2-7-25-8-5-13(6-9-25)14-3-4-16(17(21)10-14)15-11-18(22)20(24)19(23)12-15/h3-4,10-13,25H,2,5-9H2,1H3. The van der Waals surface area contributed by atoms with Crippen molar-refractivity contribution in [3.63, 3.8) is 0 Å². The summed E-state index contributed by atoms with van der Waals surface area (Å²) in [5.41, 5.74) is 1.06. The molecule has 2 aromatic carbocycles. The van der Waals surface area contributed by atoms with E-state index in [1.807, 2.05) is 6.07 Å². The van der Waals surface area contributed by atoms with Gasteiger partial charge in [0, 0.05) is 14.4 Å². The molecule has 0 N–H and O–H groups in total. The first-order valence-electron chi connectivity index (χ1n) is 8.94. The number of hydrogen-bond donors (Lipinski definition) is 0. The molecule has 1 heterocycles. The fourth-order valence-electron chi connectivity index (χ4n) is 3.92. The van der Waals surface area contributed by atoms with Crippen LogP contribution in [0.25, 0.3) is 11.1 Å². The van der Waals surface area contributed by atoms with Crippen LogP contribution in [-0.2, 0) is 0 Å². The van der Waals surface area contributed by atoms with Crippen LogP contribution in [0.1, 0.15) is 37.7 Å². The molecule has 25 heavy (non-hydrogen) atoms. The summed E-state index contributed by atoms with van der Waals surface area (Å²) < 4.78 is 54.4. The molecule has 134 valence electrons. The molecule has 3 rings (SSSR count). The SMILES string of the molecule is CCC[SiH]1CCC(c2ccc(-c3cc(F)c(F)c(F)c3)c(F)c2)CC1. The Morgan fingerprint density at radius 1 is 0.920 bits per heavy atom. The van der Waals surface area contributed by atoms with Crippen molar-refractivity contribution < 1.29 is 17.6 Å². The lowest BCUT2D eigenvalue weighted by molar-refractivity contribution is 0.447. The van der Waals surface area contributed by atoms with Crippen LogP contribution in [0, 0.1) is 23.3 Å². The lowest BCUT2D eigenvalue weighted by Crippen LogP contribution is -2.20. The molecule has 1 aliphatic heterocycles. The van der Waals surface area contributed by atoms with Gasteiger partial charge in [0.05, 0.1) is 0 Å². The Hall–Kier alpha value is -1.62. The smallest absolute Gasteiger partial charge is 0.194 e. The average molecular weight is 366 g/mol. The summed E-state index contributed by atoms with van der Waals surface area (Å²) in [6, 6.07) is 10.5. The van der Waals surface area contributed by atoms with E-state index in [1.54, 1.807) is 6.07 Å². The summed E-state index contributed by atoms with van der Waals surface area (Å²) in [5, 5.41) is 0. The first-order chi connectivity index (χ1) is 12.0. The van der Waals surface area contributed by atoms with Crippen LogP contribution < -0.4 is 0 Å². The number of halogens is 4. The zero-order valence-electron chi connectivity index (χ0n) is 14.3. The third-order valence-electron chi connectivity index (χ3n) is 5.30. The molecule has 2 aromatic rings. The van der Waals surface area contributed by atoms with Gasteiger partial charge in [0.15, 0.2) is 17.5 Å². The van der Waals surface area contributed by atoms with Crippen molar-refractivity contribution in [1.29, 1.82) is 0 Å². The van der Waals surface area contributed by atoms with Crippen LogP contribution in [-0.4, -0.2) is 8.80 Å². The third-order valence-corrected chi connectivity index (χ3v) is 9.00. The van der Waals surface area contributed by atoms with Crippen molar-refractivity contribution in [2.75, 3.05) is 0 Å². The number of rotatable bonds is 4. The Bertz CT molecular complexity index is 728. The van der Waals surface area contributed by atoms with Crippen LogP contribution in [0.4, 0.5) is 17.6 Å². The summed E-state index contributed by atoms with van der Waals surface area (Å²) in [6.07, 6.45) is 3.47. The Morgan fingerprint density at radius 3 is 2.12 bits per heavy atom. The summed E-state index contributed by atoms with van der Waals surface area (Å²) in [4.78, 5) is 0. The van der Waals surface area contributed by atoms with Crippen molar-refractivity contribution in [2.24, 2.45) is 0 Å². The van der Waals surface area contributed by atoms with E-state index in [1.165, 1.54) is 30.6 Å². The predicted molar refractivity (Wildman–Crippen MR) is 95.5 cm³/mol. The maximum absolute atomic E-state index is 14.5. The van der Waals surface area contributed by atoms with Gasteiger partial charge in [0.2, 0.25) is 0 Å². The summed E-state index contributed by atoms with van der Waals surface area (Å²) >= 11 is 0. The minimum Gasteiger partial charge on any atom is -0.206 e. The van der Waals surface area contributed by atoms with E-state index in [-0.39, 0.29) is 11.1 Å². The van der Waals surface area contributed by atoms with Gasteiger partial charge in [-0.05, 0) is 48.1 Å². The Kier molecular flexibility index (Phi) is 5.62. The lowest BCUT2D eigenvalue weighted by atomic mass is 9.91. The van der Waals surface area contributed by atoms with E-state index in [9.17, 15) is 17.6 Å². The fraction of sp³-hybridized carbons (Fsp3) is 0.400. The molecule has 1 fully saturated rings. The predicted octanol–water partition coefficient (Wildman–Crippen LogP) is 6.42. The Labute approximate surface area is 147 Å². The van der Waals surface area contributed by atoms with E-state index in [2.05, 4.69) is 6.92 Å². The quantitative estimate of drug-likeness (QED) is 0.332. The molecule has 0 radical (unpaired) electrons. The van der Waals surface area contributed by atoms with Gasteiger partial charge in [-0.3, -0.25) is 0 Å². The van der Waals surface area contributed by atoms with Gasteiger partial charge in [-0.2, -0.15) is 0 Å². The van der Waals surface area contributed by atoms with Gasteiger partial charge in [0.1, 0.15) is 5.82 Å². The van der Waals surface area contributed by atoms with Crippen LogP contribution >= 0.6 is 0 Å². The zero-order valence-corrected chi connectivity index (χ0v) is 15.5. The third kappa shape index (κ3) is 3.97. The summed E-state index contributed by atoms with van der Waals surface area (Å²) in [5.74, 6) is -4.30. The minimum absolute atomic E-state index is 0.0134. The molecule has 1 aliphatic rings. The van der Waals surface area contributed by atoms with Crippen LogP contribution in [0.2, 0.25) is 18.1 Å². The highest BCUT2D eigenvalue weighted by Gasteiger charge is 2.23. The molecular formula is C20H22F4Si. The lowest BCUT2D eigenvalue weighted by Gasteiger charge is -2.28. The second-order valence-corrected chi connectivity index (χ2v) is 10.5. The molecule has 0 nitrogen and oxygen atoms in total. The van der Waals surface area contributed by atoms with Gasteiger partial charge in [-0.25, -0.2) is 17.6 Å². The van der Waals surface area contributed by atoms with Crippen molar-refractivity contribution in [2.45, 2.75) is 50.2 Å². The topological polar surface area (TPSA) is 0 Å². The Balaban J connectivity index is 1.80. The van der Waals surface area contributed by atoms with Crippen LogP contribution in [0.15, 0.2) is 30.3 Å². The van der Waals surface area contributed by atoms with E-state index in [4.69, 9.17) is 0 Å². The number of benzene rings is 2. The van der Waals surface area contributed by atoms with Gasteiger partial charge < -0.3 is 0 Å². The van der Waals surface area contributed by atoms with Gasteiger partial charge in [-0.1, -0.05) is 43.6 Å². The van der Waals surface area contributed by atoms with Gasteiger partial charge in [-0.15, -0.1) is 0 Å². The largest absolute Gasteiger partial charge is 0.206 e. The van der Waals surface area contributed by atoms with E-state index >= 15 is 0 Å². The van der Waals surface area contributed by atoms with E-state index < -0.39 is 32.1 Å². The molecule has 0 unspecified atom stereocenters. The van der Waals surface area contributed by atoms with Crippen LogP contribution in [0.5, 0.6) is 0 Å². The highest BCUT2D eigenvalue weighted by Crippen LogP contribution is 2.36. The normalized spacial score (nSPS) is 20.7. The molecule has 0 spiro atoms. The van der Waals surface area contributed by atoms with Gasteiger partial charge >= 0.3 is 0 Å². The highest BCUT2D eigenvalue weighted by atomic mass is 28.3. The van der Waals surface area contributed by atoms with Crippen molar-refractivity contribution in [3.05, 3.63) is 59.2 Å². The first kappa shape index (κ1) is 18.2. The highest BCUT2D eigenvalue weighted by molar-refractivity contribution is 6.59. The molecule has 1 saturated heterocycles. The molecule has 0 atom stereocenters. The maximum Gasteiger partial charge on any atom is 0.194 e. The first-order valence-corrected chi connectivity index (χ1v) is 11.4. The molecule has 0 aromatic heterocycles. The average Bonchev–Trinajstić information content (AvgIpc) is 2.60. The van der Waals surface area contributed by atoms with Crippen molar-refractivity contribution >= 4 is 8.80 Å². The van der Waals surface area contributed by atoms with E-state index in [0.29, 0.717) is 5.92 Å². The zero-order chi connectivity index (χ0) is 18.0. The molecule has 0 saturated carbocycles. The van der Waals surface area contributed by atoms with Crippen molar-refractivity contribution in [3.8, 4) is 11.1 Å². The molecule has 0 aliphatic carbocycles. The molecular weight excluding hydrogens is 344 g/mol. The second kappa shape index (κ2) is 7.73. The molecule has 5 heteroatoms. The van der Waals surface area contributed by atoms with Gasteiger partial charge in [0.25, 0.3) is 0 Å². The van der Waals surface area contributed by atoms with E-state index in [0.717, 1.165) is 30.5 Å².